The van der Waals surface area contributed by atoms with Crippen LogP contribution in [0.5, 0.6) is 0 Å². The quantitative estimate of drug-likeness (QED) is 0.830. The Bertz CT molecular complexity index is 453. The van der Waals surface area contributed by atoms with E-state index in [2.05, 4.69) is 17.0 Å². The summed E-state index contributed by atoms with van der Waals surface area (Å²) in [6.07, 6.45) is 2.16. The molecule has 1 N–H and O–H groups in total. The summed E-state index contributed by atoms with van der Waals surface area (Å²) in [7, 11) is 0. The lowest BCUT2D eigenvalue weighted by atomic mass is 10.2. The second-order valence-electron chi connectivity index (χ2n) is 4.80. The lowest BCUT2D eigenvalue weighted by molar-refractivity contribution is 0.0974. The predicted molar refractivity (Wildman–Crippen MR) is 75.6 cm³/mol. The summed E-state index contributed by atoms with van der Waals surface area (Å²) < 4.78 is 5.39. The first-order chi connectivity index (χ1) is 9.28. The van der Waals surface area contributed by atoms with Gasteiger partial charge < -0.3 is 9.52 Å². The molecule has 0 spiro atoms. The molecule has 0 aliphatic carbocycles. The fourth-order valence-corrected chi connectivity index (χ4v) is 2.08. The molecule has 1 aromatic carbocycles. The van der Waals surface area contributed by atoms with Gasteiger partial charge in [0.15, 0.2) is 0 Å². The maximum atomic E-state index is 9.86. The largest absolute Gasteiger partial charge is 0.468 e. The van der Waals surface area contributed by atoms with Gasteiger partial charge in [-0.3, -0.25) is 4.90 Å². The van der Waals surface area contributed by atoms with E-state index >= 15 is 0 Å². The molecule has 0 aliphatic rings. The molecule has 0 saturated heterocycles. The van der Waals surface area contributed by atoms with Gasteiger partial charge in [0.05, 0.1) is 18.9 Å². The smallest absolute Gasteiger partial charge is 0.117 e. The SMILES string of the molecule is CCC(O)CN(Cc1ccccc1)Cc1ccco1. The Hall–Kier alpha value is -1.58. The Morgan fingerprint density at radius 3 is 2.53 bits per heavy atom. The lowest BCUT2D eigenvalue weighted by Crippen LogP contribution is -2.31. The van der Waals surface area contributed by atoms with Gasteiger partial charge in [0.25, 0.3) is 0 Å². The van der Waals surface area contributed by atoms with Crippen LogP contribution in [-0.4, -0.2) is 22.7 Å². The fourth-order valence-electron chi connectivity index (χ4n) is 2.08. The standard InChI is InChI=1S/C16H21NO2/c1-2-15(18)12-17(13-16-9-6-10-19-16)11-14-7-4-3-5-8-14/h3-10,15,18H,2,11-13H2,1H3. The Morgan fingerprint density at radius 1 is 1.11 bits per heavy atom. The van der Waals surface area contributed by atoms with Gasteiger partial charge in [-0.1, -0.05) is 37.3 Å². The fraction of sp³-hybridized carbons (Fsp3) is 0.375. The van der Waals surface area contributed by atoms with E-state index in [1.807, 2.05) is 37.3 Å². The first-order valence-corrected chi connectivity index (χ1v) is 6.74. The van der Waals surface area contributed by atoms with Crippen molar-refractivity contribution in [2.45, 2.75) is 32.5 Å². The van der Waals surface area contributed by atoms with Crippen molar-refractivity contribution in [2.24, 2.45) is 0 Å². The average molecular weight is 259 g/mol. The maximum Gasteiger partial charge on any atom is 0.117 e. The van der Waals surface area contributed by atoms with Crippen molar-refractivity contribution in [3.8, 4) is 0 Å². The molecule has 0 saturated carbocycles. The number of rotatable bonds is 7. The molecule has 2 aromatic rings. The van der Waals surface area contributed by atoms with Gasteiger partial charge in [-0.25, -0.2) is 0 Å². The van der Waals surface area contributed by atoms with E-state index in [0.717, 1.165) is 25.3 Å². The molecule has 2 rings (SSSR count). The number of hydrogen-bond donors (Lipinski definition) is 1. The summed E-state index contributed by atoms with van der Waals surface area (Å²) in [4.78, 5) is 2.21. The van der Waals surface area contributed by atoms with Gasteiger partial charge in [0, 0.05) is 13.1 Å². The normalized spacial score (nSPS) is 12.8. The highest BCUT2D eigenvalue weighted by Crippen LogP contribution is 2.11. The Labute approximate surface area is 114 Å². The van der Waals surface area contributed by atoms with Crippen LogP contribution in [-0.2, 0) is 13.1 Å². The molecule has 1 unspecified atom stereocenters. The molecule has 0 amide bonds. The average Bonchev–Trinajstić information content (AvgIpc) is 2.92. The molecule has 0 fully saturated rings. The third-order valence-corrected chi connectivity index (χ3v) is 3.15. The van der Waals surface area contributed by atoms with Crippen molar-refractivity contribution in [3.63, 3.8) is 0 Å². The van der Waals surface area contributed by atoms with E-state index in [9.17, 15) is 5.11 Å². The van der Waals surface area contributed by atoms with Gasteiger partial charge in [0.2, 0.25) is 0 Å². The van der Waals surface area contributed by atoms with E-state index in [4.69, 9.17) is 4.42 Å². The molecule has 3 heteroatoms. The van der Waals surface area contributed by atoms with Crippen molar-refractivity contribution in [1.82, 2.24) is 4.90 Å². The summed E-state index contributed by atoms with van der Waals surface area (Å²) in [5.41, 5.74) is 1.25. The molecular weight excluding hydrogens is 238 g/mol. The minimum absolute atomic E-state index is 0.293. The van der Waals surface area contributed by atoms with E-state index in [1.165, 1.54) is 5.56 Å². The van der Waals surface area contributed by atoms with Crippen LogP contribution < -0.4 is 0 Å². The Balaban J connectivity index is 2.01. The lowest BCUT2D eigenvalue weighted by Gasteiger charge is -2.23. The number of nitrogens with zero attached hydrogens (tertiary/aromatic N) is 1. The van der Waals surface area contributed by atoms with Crippen LogP contribution in [0.25, 0.3) is 0 Å². The van der Waals surface area contributed by atoms with Crippen LogP contribution in [0.3, 0.4) is 0 Å². The van der Waals surface area contributed by atoms with Crippen molar-refractivity contribution < 1.29 is 9.52 Å². The van der Waals surface area contributed by atoms with Crippen molar-refractivity contribution in [3.05, 3.63) is 60.1 Å². The van der Waals surface area contributed by atoms with Crippen LogP contribution in [0.15, 0.2) is 53.1 Å². The second-order valence-corrected chi connectivity index (χ2v) is 4.80. The van der Waals surface area contributed by atoms with E-state index < -0.39 is 0 Å². The van der Waals surface area contributed by atoms with Crippen molar-refractivity contribution in [2.75, 3.05) is 6.54 Å². The Kier molecular flexibility index (Phi) is 5.19. The third-order valence-electron chi connectivity index (χ3n) is 3.15. The molecule has 1 aromatic heterocycles. The van der Waals surface area contributed by atoms with Crippen LogP contribution in [0.4, 0.5) is 0 Å². The van der Waals surface area contributed by atoms with E-state index in [-0.39, 0.29) is 6.10 Å². The zero-order valence-electron chi connectivity index (χ0n) is 11.3. The first kappa shape index (κ1) is 13.8. The van der Waals surface area contributed by atoms with Crippen molar-refractivity contribution >= 4 is 0 Å². The summed E-state index contributed by atoms with van der Waals surface area (Å²) in [6, 6.07) is 14.2. The minimum atomic E-state index is -0.293. The van der Waals surface area contributed by atoms with Crippen LogP contribution in [0.1, 0.15) is 24.7 Å². The van der Waals surface area contributed by atoms with Gasteiger partial charge >= 0.3 is 0 Å². The zero-order chi connectivity index (χ0) is 13.5. The molecule has 3 nitrogen and oxygen atoms in total. The predicted octanol–water partition coefficient (Wildman–Crippen LogP) is 3.05. The summed E-state index contributed by atoms with van der Waals surface area (Å²) in [5, 5.41) is 9.86. The monoisotopic (exact) mass is 259 g/mol. The Morgan fingerprint density at radius 2 is 1.89 bits per heavy atom. The molecule has 0 aliphatic heterocycles. The summed E-state index contributed by atoms with van der Waals surface area (Å²) >= 11 is 0. The van der Waals surface area contributed by atoms with Crippen molar-refractivity contribution in [1.29, 1.82) is 0 Å². The third kappa shape index (κ3) is 4.54. The highest BCUT2D eigenvalue weighted by molar-refractivity contribution is 5.14. The second kappa shape index (κ2) is 7.12. The minimum Gasteiger partial charge on any atom is -0.468 e. The molecule has 102 valence electrons. The van der Waals surface area contributed by atoms with E-state index in [1.54, 1.807) is 6.26 Å². The summed E-state index contributed by atoms with van der Waals surface area (Å²) in [6.45, 7) is 4.20. The van der Waals surface area contributed by atoms with Gasteiger partial charge in [-0.2, -0.15) is 0 Å². The molecular formula is C16H21NO2. The molecule has 1 atom stereocenters. The molecule has 0 bridgehead atoms. The topological polar surface area (TPSA) is 36.6 Å². The maximum absolute atomic E-state index is 9.86. The van der Waals surface area contributed by atoms with Gasteiger partial charge in [-0.15, -0.1) is 0 Å². The van der Waals surface area contributed by atoms with Crippen LogP contribution in [0, 0.1) is 0 Å². The van der Waals surface area contributed by atoms with Gasteiger partial charge in [0.1, 0.15) is 5.76 Å². The molecule has 1 heterocycles. The highest BCUT2D eigenvalue weighted by Gasteiger charge is 2.12. The number of hydrogen-bond acceptors (Lipinski definition) is 3. The molecule has 19 heavy (non-hydrogen) atoms. The first-order valence-electron chi connectivity index (χ1n) is 6.74. The van der Waals surface area contributed by atoms with Crippen LogP contribution >= 0.6 is 0 Å². The molecule has 0 radical (unpaired) electrons. The zero-order valence-corrected chi connectivity index (χ0v) is 11.3. The van der Waals surface area contributed by atoms with Gasteiger partial charge in [-0.05, 0) is 24.1 Å². The highest BCUT2D eigenvalue weighted by atomic mass is 16.3. The number of benzene rings is 1. The summed E-state index contributed by atoms with van der Waals surface area (Å²) in [5.74, 6) is 0.930. The number of furan rings is 1. The number of aliphatic hydroxyl groups excluding tert-OH is 1. The van der Waals surface area contributed by atoms with Crippen LogP contribution in [0.2, 0.25) is 0 Å². The number of aliphatic hydroxyl groups is 1. The van der Waals surface area contributed by atoms with E-state index in [0.29, 0.717) is 6.54 Å².